The van der Waals surface area contributed by atoms with Gasteiger partial charge < -0.3 is 60.8 Å². The van der Waals surface area contributed by atoms with Crippen molar-refractivity contribution in [2.75, 3.05) is 52.9 Å². The lowest BCUT2D eigenvalue weighted by Gasteiger charge is -2.28. The molecule has 0 saturated carbocycles. The maximum Gasteiger partial charge on any atom is 0.162 e. The first-order valence-corrected chi connectivity index (χ1v) is 20.9. The van der Waals surface area contributed by atoms with E-state index in [1.54, 1.807) is 0 Å². The van der Waals surface area contributed by atoms with E-state index in [0.29, 0.717) is 56.7 Å². The van der Waals surface area contributed by atoms with Crippen molar-refractivity contribution in [3.05, 3.63) is 0 Å². The minimum absolute atomic E-state index is 0. The van der Waals surface area contributed by atoms with E-state index < -0.39 is 11.6 Å². The predicted octanol–water partition coefficient (Wildman–Crippen LogP) is 8.45. The van der Waals surface area contributed by atoms with Crippen LogP contribution < -0.4 is 22.9 Å². The van der Waals surface area contributed by atoms with Crippen molar-refractivity contribution in [2.45, 2.75) is 206 Å². The minimum Gasteiger partial charge on any atom is -0.353 e. The summed E-state index contributed by atoms with van der Waals surface area (Å²) in [7, 11) is 0. The van der Waals surface area contributed by atoms with Gasteiger partial charge in [0.15, 0.2) is 24.2 Å². The van der Waals surface area contributed by atoms with Crippen molar-refractivity contribution < 1.29 is 37.9 Å². The molecular formula is C43H100N4O8. The lowest BCUT2D eigenvalue weighted by atomic mass is 10.1. The fourth-order valence-electron chi connectivity index (χ4n) is 3.18. The van der Waals surface area contributed by atoms with Crippen LogP contribution in [0.2, 0.25) is 0 Å². The lowest BCUT2D eigenvalue weighted by Crippen LogP contribution is -2.36. The Morgan fingerprint density at radius 1 is 0.382 bits per heavy atom. The molecule has 0 aromatic heterocycles. The first-order chi connectivity index (χ1) is 24.9. The molecule has 8 N–H and O–H groups in total. The predicted molar refractivity (Wildman–Crippen MR) is 234 cm³/mol. The molecule has 0 fully saturated rings. The Morgan fingerprint density at radius 3 is 1.11 bits per heavy atom. The van der Waals surface area contributed by atoms with Gasteiger partial charge in [-0.25, -0.2) is 0 Å². The standard InChI is InChI=1S/C12H27NO2.C11H25NO2.C10H23NO2.C9H21NO2.CH4/c1-6-10(3)8-14-12(4,5)15-9-11(13)7-2;1-5-9(3)7-13-10(4)14-8-11(12)6-2;1-8(2)6-12-10(4,5)13-7-9(3)11;1-7(2)5-11-9(4)12-6-8(3)10;/h10-11H,6-9,13H2,1-5H3;9-11H,5-8,12H2,1-4H3;8-9H,6-7,11H2,1-5H3;7-9H,5-6,10H2,1-4H3;1H4. The normalized spacial score (nSPS) is 16.1. The van der Waals surface area contributed by atoms with E-state index in [-0.39, 0.29) is 44.2 Å². The van der Waals surface area contributed by atoms with Crippen molar-refractivity contribution in [3.63, 3.8) is 0 Å². The van der Waals surface area contributed by atoms with Crippen LogP contribution in [0, 0.1) is 23.7 Å². The van der Waals surface area contributed by atoms with E-state index in [0.717, 1.165) is 45.5 Å². The van der Waals surface area contributed by atoms with Gasteiger partial charge in [0, 0.05) is 24.2 Å². The van der Waals surface area contributed by atoms with E-state index in [4.69, 9.17) is 60.8 Å². The monoisotopic (exact) mass is 801 g/mol. The van der Waals surface area contributed by atoms with Crippen molar-refractivity contribution in [2.24, 2.45) is 46.6 Å². The number of ether oxygens (including phenoxy) is 8. The molecule has 0 rings (SSSR count). The molecule has 0 amide bonds. The van der Waals surface area contributed by atoms with Crippen LogP contribution in [0.4, 0.5) is 0 Å². The topological polar surface area (TPSA) is 178 Å². The fourth-order valence-corrected chi connectivity index (χ4v) is 3.18. The highest BCUT2D eigenvalue weighted by molar-refractivity contribution is 4.62. The van der Waals surface area contributed by atoms with Gasteiger partial charge in [-0.05, 0) is 91.9 Å². The van der Waals surface area contributed by atoms with Crippen LogP contribution in [0.3, 0.4) is 0 Å². The zero-order valence-corrected chi connectivity index (χ0v) is 38.8. The molecule has 0 saturated heterocycles. The van der Waals surface area contributed by atoms with Crippen molar-refractivity contribution in [1.82, 2.24) is 0 Å². The van der Waals surface area contributed by atoms with Crippen molar-refractivity contribution in [3.8, 4) is 0 Å². The summed E-state index contributed by atoms with van der Waals surface area (Å²) in [6.07, 6.45) is 3.87. The summed E-state index contributed by atoms with van der Waals surface area (Å²) >= 11 is 0. The van der Waals surface area contributed by atoms with Crippen LogP contribution in [-0.2, 0) is 37.9 Å². The molecule has 0 aromatic carbocycles. The van der Waals surface area contributed by atoms with E-state index >= 15 is 0 Å². The molecule has 0 aromatic rings. The Hall–Kier alpha value is -0.480. The second-order valence-corrected chi connectivity index (χ2v) is 16.6. The molecule has 0 bridgehead atoms. The van der Waals surface area contributed by atoms with Crippen LogP contribution in [0.25, 0.3) is 0 Å². The third-order valence-corrected chi connectivity index (χ3v) is 7.68. The highest BCUT2D eigenvalue weighted by Gasteiger charge is 2.21. The third kappa shape index (κ3) is 53.5. The Kier molecular flexibility index (Phi) is 45.2. The Bertz CT molecular complexity index is 719. The maximum absolute atomic E-state index is 5.78. The third-order valence-electron chi connectivity index (χ3n) is 7.68. The maximum atomic E-state index is 5.78. The Labute approximate surface area is 342 Å². The molecule has 0 aliphatic heterocycles. The zero-order chi connectivity index (χ0) is 42.9. The highest BCUT2D eigenvalue weighted by atomic mass is 16.7. The number of hydrogen-bond donors (Lipinski definition) is 4. The fraction of sp³-hybridized carbons (Fsp3) is 1.00. The van der Waals surface area contributed by atoms with E-state index in [2.05, 4.69) is 69.2 Å². The smallest absolute Gasteiger partial charge is 0.162 e. The van der Waals surface area contributed by atoms with Crippen LogP contribution in [0.15, 0.2) is 0 Å². The quantitative estimate of drug-likeness (QED) is 0.0556. The van der Waals surface area contributed by atoms with Crippen LogP contribution in [0.1, 0.15) is 158 Å². The summed E-state index contributed by atoms with van der Waals surface area (Å²) in [5.41, 5.74) is 22.6. The molecule has 0 heterocycles. The summed E-state index contributed by atoms with van der Waals surface area (Å²) in [4.78, 5) is 0. The van der Waals surface area contributed by atoms with Gasteiger partial charge >= 0.3 is 0 Å². The lowest BCUT2D eigenvalue weighted by molar-refractivity contribution is -0.220. The van der Waals surface area contributed by atoms with Gasteiger partial charge in [-0.15, -0.1) is 0 Å². The van der Waals surface area contributed by atoms with Crippen LogP contribution >= 0.6 is 0 Å². The van der Waals surface area contributed by atoms with Crippen molar-refractivity contribution >= 4 is 0 Å². The summed E-state index contributed by atoms with van der Waals surface area (Å²) in [6.45, 7) is 41.8. The summed E-state index contributed by atoms with van der Waals surface area (Å²) < 4.78 is 44.0. The Balaban J connectivity index is -0.000000201. The average Bonchev–Trinajstić information content (AvgIpc) is 3.11. The first-order valence-electron chi connectivity index (χ1n) is 20.9. The van der Waals surface area contributed by atoms with Gasteiger partial charge in [-0.1, -0.05) is 89.5 Å². The molecule has 0 aliphatic carbocycles. The first kappa shape index (κ1) is 63.7. The van der Waals surface area contributed by atoms with Gasteiger partial charge in [0.1, 0.15) is 0 Å². The van der Waals surface area contributed by atoms with Gasteiger partial charge in [0.25, 0.3) is 0 Å². The van der Waals surface area contributed by atoms with Crippen LogP contribution in [0.5, 0.6) is 0 Å². The van der Waals surface area contributed by atoms with Gasteiger partial charge in [0.2, 0.25) is 0 Å². The molecule has 0 spiro atoms. The minimum atomic E-state index is -0.518. The van der Waals surface area contributed by atoms with E-state index in [1.807, 2.05) is 55.4 Å². The van der Waals surface area contributed by atoms with Gasteiger partial charge in [0.05, 0.1) is 52.9 Å². The molecule has 8 atom stereocenters. The molecule has 55 heavy (non-hydrogen) atoms. The SMILES string of the molecule is C.CC(C)COC(C)(C)OCC(C)N.CC(C)COC(C)OCC(C)N.CCC(C)COC(C)(C)OCC(N)CC.CCC(C)COC(C)OCC(N)CC. The number of rotatable bonds is 28. The highest BCUT2D eigenvalue weighted by Crippen LogP contribution is 2.15. The molecule has 340 valence electrons. The molecule has 8 unspecified atom stereocenters. The second kappa shape index (κ2) is 39.0. The van der Waals surface area contributed by atoms with Gasteiger partial charge in [-0.2, -0.15) is 0 Å². The molecule has 0 radical (unpaired) electrons. The summed E-state index contributed by atoms with van der Waals surface area (Å²) in [5.74, 6) is 1.21. The molecular weight excluding hydrogens is 700 g/mol. The molecule has 12 nitrogen and oxygen atoms in total. The number of hydrogen-bond acceptors (Lipinski definition) is 12. The summed E-state index contributed by atoms with van der Waals surface area (Å²) in [6, 6.07) is 0.373. The average molecular weight is 801 g/mol. The number of nitrogens with two attached hydrogens (primary N) is 4. The zero-order valence-electron chi connectivity index (χ0n) is 38.8. The largest absolute Gasteiger partial charge is 0.353 e. The van der Waals surface area contributed by atoms with Crippen molar-refractivity contribution in [1.29, 1.82) is 0 Å². The van der Waals surface area contributed by atoms with E-state index in [1.165, 1.54) is 0 Å². The van der Waals surface area contributed by atoms with Gasteiger partial charge in [-0.3, -0.25) is 0 Å². The van der Waals surface area contributed by atoms with E-state index in [9.17, 15) is 0 Å². The summed E-state index contributed by atoms with van der Waals surface area (Å²) in [5, 5.41) is 0. The Morgan fingerprint density at radius 2 is 0.709 bits per heavy atom. The second-order valence-electron chi connectivity index (χ2n) is 16.6. The molecule has 12 heteroatoms. The van der Waals surface area contributed by atoms with Crippen LogP contribution in [-0.4, -0.2) is 101 Å². The molecule has 0 aliphatic rings.